The second kappa shape index (κ2) is 7.21. The summed E-state index contributed by atoms with van der Waals surface area (Å²) in [5.41, 5.74) is 0.687. The summed E-state index contributed by atoms with van der Waals surface area (Å²) in [6.07, 6.45) is 0. The Bertz CT molecular complexity index is 730. The van der Waals surface area contributed by atoms with Gasteiger partial charge in [-0.25, -0.2) is 0 Å². The van der Waals surface area contributed by atoms with Gasteiger partial charge in [-0.1, -0.05) is 72.8 Å². The fourth-order valence-electron chi connectivity index (χ4n) is 2.51. The minimum atomic E-state index is -0.614. The lowest BCUT2D eigenvalue weighted by atomic mass is 10.2. The molecule has 0 aliphatic rings. The number of amides is 1. The van der Waals surface area contributed by atoms with Crippen molar-refractivity contribution in [3.63, 3.8) is 0 Å². The van der Waals surface area contributed by atoms with E-state index >= 15 is 0 Å². The van der Waals surface area contributed by atoms with Crippen molar-refractivity contribution in [3.05, 3.63) is 90.5 Å². The fourth-order valence-corrected chi connectivity index (χ4v) is 4.79. The van der Waals surface area contributed by atoms with E-state index in [9.17, 15) is 4.79 Å². The Labute approximate surface area is 137 Å². The summed E-state index contributed by atoms with van der Waals surface area (Å²) in [4.78, 5) is 11.7. The third-order valence-electron chi connectivity index (χ3n) is 3.64. The molecule has 0 unspecified atom stereocenters. The van der Waals surface area contributed by atoms with Gasteiger partial charge in [0.2, 0.25) is 0 Å². The molecule has 2 nitrogen and oxygen atoms in total. The minimum Gasteiger partial charge on any atom is -0.355 e. The van der Waals surface area contributed by atoms with Crippen molar-refractivity contribution in [2.24, 2.45) is 0 Å². The molecule has 0 fully saturated rings. The van der Waals surface area contributed by atoms with Gasteiger partial charge in [-0.2, -0.15) is 0 Å². The number of carbonyl (C=O) groups is 1. The van der Waals surface area contributed by atoms with Crippen LogP contribution in [0.15, 0.2) is 84.9 Å². The van der Waals surface area contributed by atoms with Crippen LogP contribution in [0.25, 0.3) is 0 Å². The van der Waals surface area contributed by atoms with Crippen LogP contribution < -0.4 is 21.2 Å². The molecule has 1 N–H and O–H groups in total. The average molecular weight is 319 g/mol. The molecule has 0 atom stereocenters. The van der Waals surface area contributed by atoms with Gasteiger partial charge in [-0.3, -0.25) is 4.79 Å². The van der Waals surface area contributed by atoms with Gasteiger partial charge < -0.3 is 5.32 Å². The molecule has 0 bridgehead atoms. The van der Waals surface area contributed by atoms with Crippen LogP contribution in [0.5, 0.6) is 0 Å². The molecule has 0 aromatic heterocycles. The van der Waals surface area contributed by atoms with Gasteiger partial charge in [0.05, 0.1) is 0 Å². The lowest BCUT2D eigenvalue weighted by Crippen LogP contribution is -2.22. The maximum atomic E-state index is 11.7. The Balaban J connectivity index is 2.04. The Hall–Kier alpha value is -2.44. The van der Waals surface area contributed by atoms with Crippen molar-refractivity contribution in [1.82, 2.24) is 5.32 Å². The molecule has 0 heterocycles. The van der Waals surface area contributed by atoms with E-state index in [1.807, 2.05) is 24.3 Å². The maximum Gasteiger partial charge on any atom is 0.251 e. The molecule has 3 rings (SSSR count). The number of benzene rings is 3. The first-order chi connectivity index (χ1) is 11.3. The van der Waals surface area contributed by atoms with Crippen LogP contribution in [0.4, 0.5) is 0 Å². The van der Waals surface area contributed by atoms with E-state index in [-0.39, 0.29) is 5.91 Å². The zero-order valence-corrected chi connectivity index (χ0v) is 13.8. The minimum absolute atomic E-state index is 0.0553. The molecule has 3 heteroatoms. The summed E-state index contributed by atoms with van der Waals surface area (Å²) in [5, 5.41) is 6.51. The number of hydrogen-bond acceptors (Lipinski definition) is 1. The summed E-state index contributed by atoms with van der Waals surface area (Å²) >= 11 is 0. The largest absolute Gasteiger partial charge is 0.355 e. The molecule has 114 valence electrons. The second-order valence-corrected chi connectivity index (χ2v) is 7.35. The summed E-state index contributed by atoms with van der Waals surface area (Å²) in [6.45, 7) is 0. The highest BCUT2D eigenvalue weighted by Gasteiger charge is 2.16. The van der Waals surface area contributed by atoms with Gasteiger partial charge in [0.1, 0.15) is 0 Å². The highest BCUT2D eigenvalue weighted by atomic mass is 31.1. The zero-order chi connectivity index (χ0) is 16.1. The average Bonchev–Trinajstić information content (AvgIpc) is 2.64. The summed E-state index contributed by atoms with van der Waals surface area (Å²) in [5.74, 6) is -0.0553. The molecular formula is C20H18NOP. The van der Waals surface area contributed by atoms with Gasteiger partial charge >= 0.3 is 0 Å². The zero-order valence-electron chi connectivity index (χ0n) is 12.9. The SMILES string of the molecule is CNC(=O)c1ccc(P(c2ccccc2)c2ccccc2)cc1. The second-order valence-electron chi connectivity index (χ2n) is 5.13. The Kier molecular flexibility index (Phi) is 4.85. The van der Waals surface area contributed by atoms with Gasteiger partial charge in [-0.05, 0) is 36.0 Å². The van der Waals surface area contributed by atoms with Gasteiger partial charge in [0, 0.05) is 12.6 Å². The maximum absolute atomic E-state index is 11.7. The standard InChI is InChI=1S/C20H18NOP/c1-21-20(22)16-12-14-19(15-13-16)23(17-8-4-2-5-9-17)18-10-6-3-7-11-18/h2-15H,1H3,(H,21,22). The first-order valence-electron chi connectivity index (χ1n) is 7.52. The molecule has 0 aliphatic heterocycles. The first kappa shape index (κ1) is 15.5. The van der Waals surface area contributed by atoms with E-state index in [0.29, 0.717) is 5.56 Å². The van der Waals surface area contributed by atoms with Crippen LogP contribution >= 0.6 is 7.92 Å². The molecular weight excluding hydrogens is 301 g/mol. The van der Waals surface area contributed by atoms with Crippen LogP contribution in [0.1, 0.15) is 10.4 Å². The highest BCUT2D eigenvalue weighted by Crippen LogP contribution is 2.32. The number of nitrogens with one attached hydrogen (secondary N) is 1. The van der Waals surface area contributed by atoms with Gasteiger partial charge in [0.25, 0.3) is 5.91 Å². The van der Waals surface area contributed by atoms with Gasteiger partial charge in [0.15, 0.2) is 0 Å². The summed E-state index contributed by atoms with van der Waals surface area (Å²) in [7, 11) is 1.04. The fraction of sp³-hybridized carbons (Fsp3) is 0.0500. The van der Waals surface area contributed by atoms with Crippen LogP contribution in [-0.2, 0) is 0 Å². The molecule has 23 heavy (non-hydrogen) atoms. The van der Waals surface area contributed by atoms with Crippen molar-refractivity contribution in [2.45, 2.75) is 0 Å². The smallest absolute Gasteiger partial charge is 0.251 e. The predicted molar refractivity (Wildman–Crippen MR) is 98.5 cm³/mol. The highest BCUT2D eigenvalue weighted by molar-refractivity contribution is 7.79. The molecule has 0 saturated heterocycles. The summed E-state index contributed by atoms with van der Waals surface area (Å²) in [6, 6.07) is 29.0. The van der Waals surface area contributed by atoms with Crippen LogP contribution in [-0.4, -0.2) is 13.0 Å². The van der Waals surface area contributed by atoms with Crippen LogP contribution in [0, 0.1) is 0 Å². The number of carbonyl (C=O) groups excluding carboxylic acids is 1. The van der Waals surface area contributed by atoms with E-state index in [4.69, 9.17) is 0 Å². The molecule has 0 aliphatic carbocycles. The lowest BCUT2D eigenvalue weighted by molar-refractivity contribution is 0.0963. The van der Waals surface area contributed by atoms with Crippen LogP contribution in [0.2, 0.25) is 0 Å². The van der Waals surface area contributed by atoms with E-state index in [2.05, 4.69) is 66.0 Å². The Morgan fingerprint density at radius 1 is 0.696 bits per heavy atom. The number of rotatable bonds is 4. The predicted octanol–water partition coefficient (Wildman–Crippen LogP) is 2.80. The normalized spacial score (nSPS) is 10.5. The molecule has 1 amide bonds. The first-order valence-corrected chi connectivity index (χ1v) is 8.86. The molecule has 0 saturated carbocycles. The van der Waals surface area contributed by atoms with Gasteiger partial charge in [-0.15, -0.1) is 0 Å². The molecule has 0 radical (unpaired) electrons. The number of hydrogen-bond donors (Lipinski definition) is 1. The van der Waals surface area contributed by atoms with E-state index in [1.165, 1.54) is 15.9 Å². The van der Waals surface area contributed by atoms with Crippen molar-refractivity contribution in [1.29, 1.82) is 0 Å². The molecule has 0 spiro atoms. The Morgan fingerprint density at radius 2 is 1.13 bits per heavy atom. The third kappa shape index (κ3) is 3.49. The lowest BCUT2D eigenvalue weighted by Gasteiger charge is -2.19. The topological polar surface area (TPSA) is 29.1 Å². The third-order valence-corrected chi connectivity index (χ3v) is 6.09. The van der Waals surface area contributed by atoms with Crippen LogP contribution in [0.3, 0.4) is 0 Å². The Morgan fingerprint density at radius 3 is 1.57 bits per heavy atom. The van der Waals surface area contributed by atoms with Crippen molar-refractivity contribution in [2.75, 3.05) is 7.05 Å². The van der Waals surface area contributed by atoms with E-state index in [1.54, 1.807) is 7.05 Å². The molecule has 3 aromatic carbocycles. The van der Waals surface area contributed by atoms with Crippen molar-refractivity contribution in [3.8, 4) is 0 Å². The quantitative estimate of drug-likeness (QED) is 0.736. The van der Waals surface area contributed by atoms with E-state index < -0.39 is 7.92 Å². The van der Waals surface area contributed by atoms with Crippen molar-refractivity contribution >= 4 is 29.7 Å². The molecule has 3 aromatic rings. The van der Waals surface area contributed by atoms with E-state index in [0.717, 1.165) is 0 Å². The monoisotopic (exact) mass is 319 g/mol. The van der Waals surface area contributed by atoms with Crippen molar-refractivity contribution < 1.29 is 4.79 Å². The summed E-state index contributed by atoms with van der Waals surface area (Å²) < 4.78 is 0.